The molecule has 0 atom stereocenters. The number of benzene rings is 1. The predicted molar refractivity (Wildman–Crippen MR) is 101 cm³/mol. The number of fused-ring (bicyclic) bond motifs is 1. The highest BCUT2D eigenvalue weighted by molar-refractivity contribution is 5.86. The molecule has 0 fully saturated rings. The first-order valence-corrected chi connectivity index (χ1v) is 8.11. The van der Waals surface area contributed by atoms with Gasteiger partial charge in [-0.1, -0.05) is 0 Å². The van der Waals surface area contributed by atoms with Crippen LogP contribution in [0.2, 0.25) is 0 Å². The molecule has 0 saturated carbocycles. The Morgan fingerprint density at radius 2 is 2.07 bits per heavy atom. The summed E-state index contributed by atoms with van der Waals surface area (Å²) in [7, 11) is 2.78. The molecule has 3 rings (SSSR count). The molecule has 2 aromatic heterocycles. The normalized spacial score (nSPS) is 11.2. The summed E-state index contributed by atoms with van der Waals surface area (Å²) >= 11 is 0. The molecule has 1 aromatic carbocycles. The van der Waals surface area contributed by atoms with E-state index < -0.39 is 22.1 Å². The van der Waals surface area contributed by atoms with Crippen LogP contribution >= 0.6 is 0 Å². The lowest BCUT2D eigenvalue weighted by Crippen LogP contribution is -2.37. The first kappa shape index (κ1) is 19.5. The maximum absolute atomic E-state index is 12.1. The summed E-state index contributed by atoms with van der Waals surface area (Å²) in [6.07, 6.45) is 2.30. The molecule has 0 aliphatic heterocycles. The SMILES string of the molecule is Cn1c(=O)c2ncn(CC(=O)N/N=C/c3cc([N+](=O)[O-])ccc3O)c2n(C)c1=O. The zero-order valence-corrected chi connectivity index (χ0v) is 15.3. The van der Waals surface area contributed by atoms with Gasteiger partial charge in [0.1, 0.15) is 17.9 Å². The third kappa shape index (κ3) is 3.60. The average Bonchev–Trinajstić information content (AvgIpc) is 3.09. The molecule has 13 heteroatoms. The average molecular weight is 401 g/mol. The van der Waals surface area contributed by atoms with E-state index in [4.69, 9.17) is 0 Å². The number of hydrogen-bond acceptors (Lipinski definition) is 8. The van der Waals surface area contributed by atoms with Gasteiger partial charge >= 0.3 is 5.69 Å². The number of hydrogen-bond donors (Lipinski definition) is 2. The number of carbonyl (C=O) groups excluding carboxylic acids is 1. The van der Waals surface area contributed by atoms with Crippen LogP contribution in [-0.2, 0) is 25.4 Å². The number of amides is 1. The van der Waals surface area contributed by atoms with Gasteiger partial charge in [0.25, 0.3) is 17.2 Å². The molecule has 150 valence electrons. The number of rotatable bonds is 5. The summed E-state index contributed by atoms with van der Waals surface area (Å²) in [4.78, 5) is 50.4. The van der Waals surface area contributed by atoms with E-state index in [0.717, 1.165) is 29.0 Å². The fourth-order valence-corrected chi connectivity index (χ4v) is 2.68. The summed E-state index contributed by atoms with van der Waals surface area (Å²) in [6.45, 7) is -0.296. The molecule has 0 saturated heterocycles. The first-order chi connectivity index (χ1) is 13.7. The number of non-ortho nitro benzene ring substituents is 1. The van der Waals surface area contributed by atoms with E-state index in [1.165, 1.54) is 29.6 Å². The molecule has 0 aliphatic carbocycles. The number of imidazole rings is 1. The van der Waals surface area contributed by atoms with Crippen LogP contribution in [0.4, 0.5) is 5.69 Å². The second-order valence-electron chi connectivity index (χ2n) is 6.04. The van der Waals surface area contributed by atoms with Gasteiger partial charge < -0.3 is 9.67 Å². The highest BCUT2D eigenvalue weighted by atomic mass is 16.6. The Bertz CT molecular complexity index is 1280. The van der Waals surface area contributed by atoms with Crippen molar-refractivity contribution < 1.29 is 14.8 Å². The van der Waals surface area contributed by atoms with Gasteiger partial charge in [-0.2, -0.15) is 5.10 Å². The van der Waals surface area contributed by atoms with Gasteiger partial charge in [-0.15, -0.1) is 0 Å². The number of aryl methyl sites for hydroxylation is 1. The number of aromatic hydroxyl groups is 1. The molecule has 29 heavy (non-hydrogen) atoms. The number of nitrogens with zero attached hydrogens (tertiary/aromatic N) is 6. The van der Waals surface area contributed by atoms with Crippen LogP contribution in [-0.4, -0.2) is 40.8 Å². The smallest absolute Gasteiger partial charge is 0.332 e. The van der Waals surface area contributed by atoms with Crippen molar-refractivity contribution in [2.24, 2.45) is 19.2 Å². The van der Waals surface area contributed by atoms with Crippen LogP contribution in [0.25, 0.3) is 11.2 Å². The third-order valence-corrected chi connectivity index (χ3v) is 4.14. The van der Waals surface area contributed by atoms with Crippen molar-refractivity contribution in [1.29, 1.82) is 0 Å². The van der Waals surface area contributed by atoms with Crippen LogP contribution in [0.15, 0.2) is 39.2 Å². The van der Waals surface area contributed by atoms with Gasteiger partial charge in [-0.3, -0.25) is 28.8 Å². The van der Waals surface area contributed by atoms with Crippen LogP contribution < -0.4 is 16.7 Å². The van der Waals surface area contributed by atoms with Crippen molar-refractivity contribution in [3.05, 3.63) is 61.0 Å². The Balaban J connectivity index is 1.80. The number of carbonyl (C=O) groups is 1. The highest BCUT2D eigenvalue weighted by Crippen LogP contribution is 2.21. The monoisotopic (exact) mass is 401 g/mol. The minimum Gasteiger partial charge on any atom is -0.507 e. The number of aromatic nitrogens is 4. The van der Waals surface area contributed by atoms with E-state index in [1.54, 1.807) is 0 Å². The maximum atomic E-state index is 12.1. The van der Waals surface area contributed by atoms with E-state index in [1.807, 2.05) is 0 Å². The fourth-order valence-electron chi connectivity index (χ4n) is 2.68. The lowest BCUT2D eigenvalue weighted by molar-refractivity contribution is -0.384. The molecular weight excluding hydrogens is 386 g/mol. The van der Waals surface area contributed by atoms with Gasteiger partial charge in [-0.25, -0.2) is 15.2 Å². The largest absolute Gasteiger partial charge is 0.507 e. The highest BCUT2D eigenvalue weighted by Gasteiger charge is 2.15. The van der Waals surface area contributed by atoms with Gasteiger partial charge in [0, 0.05) is 31.8 Å². The third-order valence-electron chi connectivity index (χ3n) is 4.14. The number of nitro groups is 1. The molecule has 13 nitrogen and oxygen atoms in total. The minimum atomic E-state index is -0.631. The van der Waals surface area contributed by atoms with E-state index >= 15 is 0 Å². The number of phenols is 1. The Hall–Kier alpha value is -4.29. The molecule has 0 radical (unpaired) electrons. The van der Waals surface area contributed by atoms with Crippen molar-refractivity contribution in [1.82, 2.24) is 24.1 Å². The predicted octanol–water partition coefficient (Wildman–Crippen LogP) is -0.802. The standard InChI is InChI=1S/C16H15N7O6/c1-20-14-13(15(26)21(2)16(20)27)17-8-22(14)7-12(25)19-18-6-9-5-10(23(28)29)3-4-11(9)24/h3-6,8,24H,7H2,1-2H3,(H,19,25)/b18-6+. The van der Waals surface area contributed by atoms with Crippen LogP contribution in [0.3, 0.4) is 0 Å². The second kappa shape index (κ2) is 7.38. The zero-order valence-electron chi connectivity index (χ0n) is 15.3. The van der Waals surface area contributed by atoms with Crippen molar-refractivity contribution in [3.63, 3.8) is 0 Å². The van der Waals surface area contributed by atoms with E-state index in [-0.39, 0.29) is 34.7 Å². The molecule has 1 amide bonds. The summed E-state index contributed by atoms with van der Waals surface area (Å²) in [5, 5.41) is 24.2. The molecule has 0 unspecified atom stereocenters. The zero-order chi connectivity index (χ0) is 21.3. The van der Waals surface area contributed by atoms with Gasteiger partial charge in [0.2, 0.25) is 0 Å². The minimum absolute atomic E-state index is 0.0346. The number of hydrazone groups is 1. The van der Waals surface area contributed by atoms with Crippen LogP contribution in [0.5, 0.6) is 5.75 Å². The number of nitro benzene ring substituents is 1. The fraction of sp³-hybridized carbons (Fsp3) is 0.188. The Kier molecular flexibility index (Phi) is 4.95. The Morgan fingerprint density at radius 1 is 1.34 bits per heavy atom. The van der Waals surface area contributed by atoms with Crippen molar-refractivity contribution in [3.8, 4) is 5.75 Å². The first-order valence-electron chi connectivity index (χ1n) is 8.11. The lowest BCUT2D eigenvalue weighted by atomic mass is 10.2. The van der Waals surface area contributed by atoms with Gasteiger partial charge in [0.15, 0.2) is 5.52 Å². The molecule has 2 N–H and O–H groups in total. The second-order valence-corrected chi connectivity index (χ2v) is 6.04. The molecule has 0 aliphatic rings. The summed E-state index contributed by atoms with van der Waals surface area (Å²) in [6, 6.07) is 3.36. The number of phenolic OH excluding ortho intramolecular Hbond substituents is 1. The quantitative estimate of drug-likeness (QED) is 0.320. The summed E-state index contributed by atoms with van der Waals surface area (Å²) < 4.78 is 3.42. The van der Waals surface area contributed by atoms with E-state index in [2.05, 4.69) is 15.5 Å². The van der Waals surface area contributed by atoms with Crippen molar-refractivity contribution in [2.75, 3.05) is 0 Å². The Labute approximate surface area is 161 Å². The molecule has 0 bridgehead atoms. The summed E-state index contributed by atoms with van der Waals surface area (Å²) in [5.41, 5.74) is 1.05. The molecular formula is C16H15N7O6. The number of nitrogens with one attached hydrogen (secondary N) is 1. The maximum Gasteiger partial charge on any atom is 0.332 e. The van der Waals surface area contributed by atoms with Crippen LogP contribution in [0.1, 0.15) is 5.56 Å². The van der Waals surface area contributed by atoms with Crippen molar-refractivity contribution in [2.45, 2.75) is 6.54 Å². The molecule has 2 heterocycles. The Morgan fingerprint density at radius 3 is 2.76 bits per heavy atom. The lowest BCUT2D eigenvalue weighted by Gasteiger charge is -2.07. The molecule has 0 spiro atoms. The topological polar surface area (TPSA) is 167 Å². The van der Waals surface area contributed by atoms with E-state index in [9.17, 15) is 29.6 Å². The van der Waals surface area contributed by atoms with Gasteiger partial charge in [-0.05, 0) is 6.07 Å². The van der Waals surface area contributed by atoms with Crippen molar-refractivity contribution >= 4 is 29.0 Å². The van der Waals surface area contributed by atoms with Crippen LogP contribution in [0, 0.1) is 10.1 Å². The van der Waals surface area contributed by atoms with Gasteiger partial charge in [0.05, 0.1) is 17.5 Å². The van der Waals surface area contributed by atoms with E-state index in [0.29, 0.717) is 0 Å². The molecule has 3 aromatic rings. The summed E-state index contributed by atoms with van der Waals surface area (Å²) in [5.74, 6) is -0.862.